The second-order valence-electron chi connectivity index (χ2n) is 5.99. The van der Waals surface area contributed by atoms with Gasteiger partial charge < -0.3 is 5.32 Å². The van der Waals surface area contributed by atoms with Gasteiger partial charge in [-0.25, -0.2) is 0 Å². The molecular formula is C16H25N3. The fourth-order valence-corrected chi connectivity index (χ4v) is 3.17. The number of piperazine rings is 1. The Morgan fingerprint density at radius 2 is 1.89 bits per heavy atom. The maximum absolute atomic E-state index is 3.43. The standard InChI is InChI=1S/C16H25N3/c1-13-4-3-5-15(14(13)2)10-18-11-16(12-18)19-8-6-17-7-9-19/h3-5,16-17H,6-12H2,1-2H3. The lowest BCUT2D eigenvalue weighted by Gasteiger charge is -2.47. The molecule has 2 aliphatic rings. The van der Waals surface area contributed by atoms with Crippen LogP contribution in [0.25, 0.3) is 0 Å². The monoisotopic (exact) mass is 259 g/mol. The summed E-state index contributed by atoms with van der Waals surface area (Å²) < 4.78 is 0. The van der Waals surface area contributed by atoms with E-state index in [0.29, 0.717) is 0 Å². The molecule has 0 amide bonds. The zero-order valence-corrected chi connectivity index (χ0v) is 12.2. The maximum atomic E-state index is 3.43. The normalized spacial score (nSPS) is 22.4. The molecule has 0 aliphatic carbocycles. The Kier molecular flexibility index (Phi) is 3.87. The van der Waals surface area contributed by atoms with E-state index in [1.807, 2.05) is 0 Å². The van der Waals surface area contributed by atoms with Crippen LogP contribution in [0.1, 0.15) is 16.7 Å². The van der Waals surface area contributed by atoms with Crippen molar-refractivity contribution >= 4 is 0 Å². The molecule has 3 heteroatoms. The average Bonchev–Trinajstić information content (AvgIpc) is 2.39. The number of likely N-dealkylation sites (tertiary alicyclic amines) is 1. The summed E-state index contributed by atoms with van der Waals surface area (Å²) in [6.07, 6.45) is 0. The van der Waals surface area contributed by atoms with E-state index >= 15 is 0 Å². The quantitative estimate of drug-likeness (QED) is 0.885. The van der Waals surface area contributed by atoms with E-state index in [2.05, 4.69) is 47.2 Å². The number of aryl methyl sites for hydroxylation is 1. The van der Waals surface area contributed by atoms with Gasteiger partial charge in [-0.3, -0.25) is 9.80 Å². The topological polar surface area (TPSA) is 18.5 Å². The third kappa shape index (κ3) is 2.83. The number of hydrogen-bond acceptors (Lipinski definition) is 3. The lowest BCUT2D eigenvalue weighted by Crippen LogP contribution is -2.62. The second-order valence-corrected chi connectivity index (χ2v) is 5.99. The van der Waals surface area contributed by atoms with E-state index in [-0.39, 0.29) is 0 Å². The lowest BCUT2D eigenvalue weighted by atomic mass is 10.00. The smallest absolute Gasteiger partial charge is 0.0351 e. The third-order valence-corrected chi connectivity index (χ3v) is 4.72. The number of hydrogen-bond donors (Lipinski definition) is 1. The van der Waals surface area contributed by atoms with E-state index in [4.69, 9.17) is 0 Å². The van der Waals surface area contributed by atoms with Gasteiger partial charge in [-0.2, -0.15) is 0 Å². The summed E-state index contributed by atoms with van der Waals surface area (Å²) in [4.78, 5) is 5.23. The summed E-state index contributed by atoms with van der Waals surface area (Å²) in [7, 11) is 0. The predicted molar refractivity (Wildman–Crippen MR) is 79.4 cm³/mol. The molecule has 2 heterocycles. The van der Waals surface area contributed by atoms with Crippen molar-refractivity contribution in [1.82, 2.24) is 15.1 Å². The predicted octanol–water partition coefficient (Wildman–Crippen LogP) is 1.39. The van der Waals surface area contributed by atoms with Crippen LogP contribution in [-0.4, -0.2) is 55.1 Å². The molecule has 0 aromatic heterocycles. The van der Waals surface area contributed by atoms with Gasteiger partial charge >= 0.3 is 0 Å². The van der Waals surface area contributed by atoms with Crippen molar-refractivity contribution in [2.75, 3.05) is 39.3 Å². The van der Waals surface area contributed by atoms with Crippen LogP contribution in [0.5, 0.6) is 0 Å². The molecular weight excluding hydrogens is 234 g/mol. The van der Waals surface area contributed by atoms with E-state index in [9.17, 15) is 0 Å². The second kappa shape index (κ2) is 5.61. The molecule has 2 fully saturated rings. The third-order valence-electron chi connectivity index (χ3n) is 4.72. The van der Waals surface area contributed by atoms with Crippen LogP contribution in [-0.2, 0) is 6.54 Å². The van der Waals surface area contributed by atoms with E-state index in [0.717, 1.165) is 25.7 Å². The fraction of sp³-hybridized carbons (Fsp3) is 0.625. The first-order chi connectivity index (χ1) is 9.24. The van der Waals surface area contributed by atoms with Crippen LogP contribution in [0.2, 0.25) is 0 Å². The zero-order chi connectivity index (χ0) is 13.2. The zero-order valence-electron chi connectivity index (χ0n) is 12.2. The number of benzene rings is 1. The van der Waals surface area contributed by atoms with Gasteiger partial charge in [0.2, 0.25) is 0 Å². The van der Waals surface area contributed by atoms with Gasteiger partial charge in [0.25, 0.3) is 0 Å². The Morgan fingerprint density at radius 3 is 2.63 bits per heavy atom. The first kappa shape index (κ1) is 13.1. The minimum absolute atomic E-state index is 0.798. The highest BCUT2D eigenvalue weighted by Crippen LogP contribution is 2.21. The molecule has 0 atom stereocenters. The molecule has 1 aromatic rings. The van der Waals surface area contributed by atoms with Gasteiger partial charge in [0, 0.05) is 51.9 Å². The largest absolute Gasteiger partial charge is 0.314 e. The van der Waals surface area contributed by atoms with Crippen LogP contribution in [0.3, 0.4) is 0 Å². The minimum Gasteiger partial charge on any atom is -0.314 e. The van der Waals surface area contributed by atoms with Crippen molar-refractivity contribution in [3.8, 4) is 0 Å². The van der Waals surface area contributed by atoms with Gasteiger partial charge in [-0.1, -0.05) is 18.2 Å². The van der Waals surface area contributed by atoms with Crippen molar-refractivity contribution in [3.05, 3.63) is 34.9 Å². The molecule has 3 nitrogen and oxygen atoms in total. The highest BCUT2D eigenvalue weighted by Gasteiger charge is 2.32. The molecule has 0 radical (unpaired) electrons. The molecule has 2 saturated heterocycles. The summed E-state index contributed by atoms with van der Waals surface area (Å²) in [5.41, 5.74) is 4.38. The lowest BCUT2D eigenvalue weighted by molar-refractivity contribution is 0.0222. The summed E-state index contributed by atoms with van der Waals surface area (Å²) >= 11 is 0. The molecule has 2 aliphatic heterocycles. The number of nitrogens with one attached hydrogen (secondary N) is 1. The average molecular weight is 259 g/mol. The van der Waals surface area contributed by atoms with Crippen molar-refractivity contribution < 1.29 is 0 Å². The van der Waals surface area contributed by atoms with Crippen molar-refractivity contribution in [2.45, 2.75) is 26.4 Å². The molecule has 0 spiro atoms. The number of nitrogens with zero attached hydrogens (tertiary/aromatic N) is 2. The van der Waals surface area contributed by atoms with Gasteiger partial charge in [-0.05, 0) is 30.5 Å². The van der Waals surface area contributed by atoms with Crippen LogP contribution in [0.4, 0.5) is 0 Å². The molecule has 104 valence electrons. The highest BCUT2D eigenvalue weighted by atomic mass is 15.3. The first-order valence-corrected chi connectivity index (χ1v) is 7.46. The molecule has 3 rings (SSSR count). The molecule has 0 saturated carbocycles. The molecule has 19 heavy (non-hydrogen) atoms. The van der Waals surface area contributed by atoms with Crippen LogP contribution >= 0.6 is 0 Å². The van der Waals surface area contributed by atoms with Crippen LogP contribution in [0.15, 0.2) is 18.2 Å². The molecule has 1 aromatic carbocycles. The van der Waals surface area contributed by atoms with Crippen molar-refractivity contribution in [1.29, 1.82) is 0 Å². The van der Waals surface area contributed by atoms with Crippen LogP contribution < -0.4 is 5.32 Å². The molecule has 1 N–H and O–H groups in total. The molecule has 0 unspecified atom stereocenters. The van der Waals surface area contributed by atoms with Crippen molar-refractivity contribution in [2.24, 2.45) is 0 Å². The summed E-state index contributed by atoms with van der Waals surface area (Å²) in [5, 5.41) is 3.43. The first-order valence-electron chi connectivity index (χ1n) is 7.46. The van der Waals surface area contributed by atoms with E-state index in [1.54, 1.807) is 0 Å². The minimum atomic E-state index is 0.798. The number of rotatable bonds is 3. The maximum Gasteiger partial charge on any atom is 0.0351 e. The summed E-state index contributed by atoms with van der Waals surface area (Å²) in [6.45, 7) is 12.8. The van der Waals surface area contributed by atoms with Gasteiger partial charge in [-0.15, -0.1) is 0 Å². The Morgan fingerprint density at radius 1 is 1.16 bits per heavy atom. The fourth-order valence-electron chi connectivity index (χ4n) is 3.17. The van der Waals surface area contributed by atoms with Crippen LogP contribution in [0, 0.1) is 13.8 Å². The van der Waals surface area contributed by atoms with Gasteiger partial charge in [0.1, 0.15) is 0 Å². The van der Waals surface area contributed by atoms with Gasteiger partial charge in [0.05, 0.1) is 0 Å². The Labute approximate surface area is 116 Å². The highest BCUT2D eigenvalue weighted by molar-refractivity contribution is 5.33. The van der Waals surface area contributed by atoms with Gasteiger partial charge in [0.15, 0.2) is 0 Å². The van der Waals surface area contributed by atoms with E-state index < -0.39 is 0 Å². The Hall–Kier alpha value is -0.900. The summed E-state index contributed by atoms with van der Waals surface area (Å²) in [6, 6.07) is 7.47. The van der Waals surface area contributed by atoms with E-state index in [1.165, 1.54) is 42.9 Å². The summed E-state index contributed by atoms with van der Waals surface area (Å²) in [5.74, 6) is 0. The SMILES string of the molecule is Cc1cccc(CN2CC(N3CCNCC3)C2)c1C. The Bertz CT molecular complexity index is 432. The molecule has 0 bridgehead atoms. The Balaban J connectivity index is 1.52. The van der Waals surface area contributed by atoms with Crippen molar-refractivity contribution in [3.63, 3.8) is 0 Å².